The van der Waals surface area contributed by atoms with Crippen molar-refractivity contribution in [2.75, 3.05) is 52.4 Å². The fourth-order valence-electron chi connectivity index (χ4n) is 3.15. The van der Waals surface area contributed by atoms with E-state index >= 15 is 0 Å². The number of rotatable bonds is 9. The molecule has 2 aromatic rings. The van der Waals surface area contributed by atoms with E-state index in [4.69, 9.17) is 0 Å². The van der Waals surface area contributed by atoms with Crippen LogP contribution >= 0.6 is 11.3 Å². The average molecular weight is 402 g/mol. The molecular weight excluding hydrogens is 374 g/mol. The predicted molar refractivity (Wildman–Crippen MR) is 112 cm³/mol. The smallest absolute Gasteiger partial charge is 0.234 e. The van der Waals surface area contributed by atoms with Crippen LogP contribution in [0.4, 0.5) is 0 Å². The van der Waals surface area contributed by atoms with Crippen molar-refractivity contribution in [3.63, 3.8) is 0 Å². The van der Waals surface area contributed by atoms with Gasteiger partial charge in [0.1, 0.15) is 0 Å². The molecule has 1 fully saturated rings. The minimum Gasteiger partial charge on any atom is -0.355 e. The Balaban J connectivity index is 1.32. The normalized spacial score (nSPS) is 15.4. The maximum absolute atomic E-state index is 12.2. The van der Waals surface area contributed by atoms with Crippen LogP contribution in [0.1, 0.15) is 5.01 Å². The van der Waals surface area contributed by atoms with Gasteiger partial charge in [-0.05, 0) is 12.1 Å². The predicted octanol–water partition coefficient (Wildman–Crippen LogP) is 0.875. The number of carbonyl (C=O) groups is 2. The molecule has 150 valence electrons. The lowest BCUT2D eigenvalue weighted by molar-refractivity contribution is -0.124. The summed E-state index contributed by atoms with van der Waals surface area (Å²) < 4.78 is 1.18. The number of amides is 2. The highest BCUT2D eigenvalue weighted by atomic mass is 32.1. The van der Waals surface area contributed by atoms with E-state index in [1.807, 2.05) is 18.2 Å². The number of hydrogen-bond donors (Lipinski definition) is 2. The van der Waals surface area contributed by atoms with E-state index in [-0.39, 0.29) is 11.8 Å². The Kier molecular flexibility index (Phi) is 7.53. The Labute approximate surface area is 169 Å². The van der Waals surface area contributed by atoms with Crippen LogP contribution < -0.4 is 10.6 Å². The number of fused-ring (bicyclic) bond motifs is 1. The van der Waals surface area contributed by atoms with Crippen molar-refractivity contribution in [1.82, 2.24) is 25.4 Å². The van der Waals surface area contributed by atoms with Crippen molar-refractivity contribution >= 4 is 33.4 Å². The zero-order valence-corrected chi connectivity index (χ0v) is 16.8. The summed E-state index contributed by atoms with van der Waals surface area (Å²) in [4.78, 5) is 32.8. The van der Waals surface area contributed by atoms with Crippen molar-refractivity contribution in [2.24, 2.45) is 0 Å². The Morgan fingerprint density at radius 1 is 1.07 bits per heavy atom. The summed E-state index contributed by atoms with van der Waals surface area (Å²) in [6, 6.07) is 8.08. The third kappa shape index (κ3) is 6.12. The van der Waals surface area contributed by atoms with Crippen LogP contribution in [0.15, 0.2) is 36.9 Å². The highest BCUT2D eigenvalue weighted by molar-refractivity contribution is 7.18. The molecule has 0 saturated carbocycles. The van der Waals surface area contributed by atoms with Crippen molar-refractivity contribution in [3.05, 3.63) is 41.9 Å². The van der Waals surface area contributed by atoms with Gasteiger partial charge in [-0.1, -0.05) is 18.2 Å². The lowest BCUT2D eigenvalue weighted by atomic mass is 10.3. The van der Waals surface area contributed by atoms with Gasteiger partial charge in [0, 0.05) is 45.7 Å². The standard InChI is InChI=1S/C20H27N5O2S/c1-2-8-21-18(26)14-24-10-12-25(13-11-24)15-19(27)22-9-7-20-23-16-5-3-4-6-17(16)28-20/h2-6H,1,7-15H2,(H,21,26)(H,22,27). The number of para-hydroxylation sites is 1. The van der Waals surface area contributed by atoms with E-state index in [1.165, 1.54) is 4.70 Å². The summed E-state index contributed by atoms with van der Waals surface area (Å²) in [6.07, 6.45) is 2.42. The molecule has 0 radical (unpaired) electrons. The minimum atomic E-state index is 0.0148. The van der Waals surface area contributed by atoms with Crippen LogP contribution in [-0.2, 0) is 16.0 Å². The van der Waals surface area contributed by atoms with E-state index in [1.54, 1.807) is 17.4 Å². The van der Waals surface area contributed by atoms with Gasteiger partial charge >= 0.3 is 0 Å². The molecule has 7 nitrogen and oxygen atoms in total. The van der Waals surface area contributed by atoms with Gasteiger partial charge in [0.25, 0.3) is 0 Å². The fraction of sp³-hybridized carbons (Fsp3) is 0.450. The van der Waals surface area contributed by atoms with E-state index in [9.17, 15) is 9.59 Å². The first-order valence-electron chi connectivity index (χ1n) is 9.57. The monoisotopic (exact) mass is 401 g/mol. The second-order valence-corrected chi connectivity index (χ2v) is 7.94. The van der Waals surface area contributed by atoms with Gasteiger partial charge < -0.3 is 10.6 Å². The second kappa shape index (κ2) is 10.3. The Hall–Kier alpha value is -2.29. The van der Waals surface area contributed by atoms with Crippen LogP contribution in [-0.4, -0.2) is 79.0 Å². The number of benzene rings is 1. The molecule has 2 amide bonds. The molecule has 0 unspecified atom stereocenters. The zero-order valence-electron chi connectivity index (χ0n) is 16.0. The first-order chi connectivity index (χ1) is 13.6. The maximum atomic E-state index is 12.2. The molecular formula is C20H27N5O2S. The SMILES string of the molecule is C=CCNC(=O)CN1CCN(CC(=O)NCCc2nc3ccccc3s2)CC1. The molecule has 1 aromatic carbocycles. The first kappa shape index (κ1) is 20.4. The number of hydrogen-bond acceptors (Lipinski definition) is 6. The zero-order chi connectivity index (χ0) is 19.8. The molecule has 0 atom stereocenters. The molecule has 1 aliphatic rings. The van der Waals surface area contributed by atoms with Gasteiger partial charge in [-0.3, -0.25) is 19.4 Å². The third-order valence-electron chi connectivity index (χ3n) is 4.64. The van der Waals surface area contributed by atoms with Gasteiger partial charge in [-0.2, -0.15) is 0 Å². The van der Waals surface area contributed by atoms with Crippen LogP contribution in [0, 0.1) is 0 Å². The van der Waals surface area contributed by atoms with E-state index < -0.39 is 0 Å². The van der Waals surface area contributed by atoms with Crippen molar-refractivity contribution in [1.29, 1.82) is 0 Å². The molecule has 1 aromatic heterocycles. The molecule has 2 N–H and O–H groups in total. The van der Waals surface area contributed by atoms with Gasteiger partial charge in [-0.15, -0.1) is 17.9 Å². The molecule has 1 saturated heterocycles. The number of nitrogens with one attached hydrogen (secondary N) is 2. The number of carbonyl (C=O) groups excluding carboxylic acids is 2. The Bertz CT molecular complexity index is 781. The van der Waals surface area contributed by atoms with Crippen LogP contribution in [0.25, 0.3) is 10.2 Å². The lowest BCUT2D eigenvalue weighted by Crippen LogP contribution is -2.51. The molecule has 0 spiro atoms. The Morgan fingerprint density at radius 2 is 1.71 bits per heavy atom. The average Bonchev–Trinajstić information content (AvgIpc) is 3.10. The summed E-state index contributed by atoms with van der Waals surface area (Å²) in [5.41, 5.74) is 1.02. The summed E-state index contributed by atoms with van der Waals surface area (Å²) in [7, 11) is 0. The number of aromatic nitrogens is 1. The van der Waals surface area contributed by atoms with Crippen LogP contribution in [0.3, 0.4) is 0 Å². The second-order valence-electron chi connectivity index (χ2n) is 6.82. The van der Waals surface area contributed by atoms with Gasteiger partial charge in [-0.25, -0.2) is 4.98 Å². The Morgan fingerprint density at radius 3 is 2.36 bits per heavy atom. The van der Waals surface area contributed by atoms with E-state index in [2.05, 4.69) is 38.1 Å². The molecule has 8 heteroatoms. The minimum absolute atomic E-state index is 0.0148. The molecule has 28 heavy (non-hydrogen) atoms. The molecule has 3 rings (SSSR count). The number of thiazole rings is 1. The summed E-state index contributed by atoms with van der Waals surface area (Å²) in [5.74, 6) is 0.0548. The third-order valence-corrected chi connectivity index (χ3v) is 5.74. The summed E-state index contributed by atoms with van der Waals surface area (Å²) >= 11 is 1.68. The van der Waals surface area contributed by atoms with Crippen LogP contribution in [0.2, 0.25) is 0 Å². The summed E-state index contributed by atoms with van der Waals surface area (Å²) in [6.45, 7) is 8.65. The van der Waals surface area contributed by atoms with E-state index in [0.717, 1.165) is 43.1 Å². The van der Waals surface area contributed by atoms with Gasteiger partial charge in [0.2, 0.25) is 11.8 Å². The molecule has 2 heterocycles. The molecule has 1 aliphatic heterocycles. The summed E-state index contributed by atoms with van der Waals surface area (Å²) in [5, 5.41) is 6.82. The topological polar surface area (TPSA) is 77.6 Å². The highest BCUT2D eigenvalue weighted by Gasteiger charge is 2.20. The van der Waals surface area contributed by atoms with Gasteiger partial charge in [0.15, 0.2) is 0 Å². The fourth-order valence-corrected chi connectivity index (χ4v) is 4.11. The van der Waals surface area contributed by atoms with Crippen molar-refractivity contribution in [2.45, 2.75) is 6.42 Å². The first-order valence-corrected chi connectivity index (χ1v) is 10.4. The van der Waals surface area contributed by atoms with Gasteiger partial charge in [0.05, 0.1) is 28.3 Å². The van der Waals surface area contributed by atoms with Crippen molar-refractivity contribution in [3.8, 4) is 0 Å². The highest BCUT2D eigenvalue weighted by Crippen LogP contribution is 2.21. The lowest BCUT2D eigenvalue weighted by Gasteiger charge is -2.33. The number of nitrogens with zero attached hydrogens (tertiary/aromatic N) is 3. The maximum Gasteiger partial charge on any atom is 0.234 e. The van der Waals surface area contributed by atoms with Crippen molar-refractivity contribution < 1.29 is 9.59 Å². The van der Waals surface area contributed by atoms with E-state index in [0.29, 0.717) is 26.2 Å². The quantitative estimate of drug-likeness (QED) is 0.610. The van der Waals surface area contributed by atoms with Crippen LogP contribution in [0.5, 0.6) is 0 Å². The molecule has 0 aliphatic carbocycles. The molecule has 0 bridgehead atoms. The number of piperazine rings is 1. The largest absolute Gasteiger partial charge is 0.355 e.